The molecule has 24 heavy (non-hydrogen) atoms. The van der Waals surface area contributed by atoms with Crippen LogP contribution in [0.15, 0.2) is 29.4 Å². The molecule has 0 radical (unpaired) electrons. The van der Waals surface area contributed by atoms with Gasteiger partial charge >= 0.3 is 6.18 Å². The maximum atomic E-state index is 13.8. The number of para-hydroxylation sites is 1. The van der Waals surface area contributed by atoms with E-state index in [1.807, 2.05) is 6.92 Å². The van der Waals surface area contributed by atoms with Crippen LogP contribution in [0.25, 0.3) is 10.2 Å². The van der Waals surface area contributed by atoms with Crippen LogP contribution in [0.1, 0.15) is 26.2 Å². The normalized spacial score (nSPS) is 30.5. The van der Waals surface area contributed by atoms with E-state index in [1.54, 1.807) is 24.3 Å². The van der Waals surface area contributed by atoms with Crippen molar-refractivity contribution in [3.05, 3.63) is 24.3 Å². The van der Waals surface area contributed by atoms with Crippen LogP contribution in [0.4, 0.5) is 18.3 Å². The molecular weight excluding hydrogens is 339 g/mol. The quantitative estimate of drug-likeness (QED) is 0.836. The fraction of sp³-hybridized carbons (Fsp3) is 0.500. The summed E-state index contributed by atoms with van der Waals surface area (Å²) in [5.74, 6) is -0.911. The summed E-state index contributed by atoms with van der Waals surface area (Å²) in [5, 5.41) is 15.7. The highest BCUT2D eigenvalue weighted by molar-refractivity contribution is 7.22. The number of rotatable bonds is 1. The third kappa shape index (κ3) is 2.16. The van der Waals surface area contributed by atoms with Crippen LogP contribution < -0.4 is 5.01 Å². The van der Waals surface area contributed by atoms with Gasteiger partial charge in [-0.15, -0.1) is 0 Å². The smallest absolute Gasteiger partial charge is 0.362 e. The van der Waals surface area contributed by atoms with E-state index < -0.39 is 17.8 Å². The van der Waals surface area contributed by atoms with E-state index in [1.165, 1.54) is 0 Å². The number of nitrogens with zero attached hydrogens (tertiary/aromatic N) is 3. The number of alkyl halides is 3. The first kappa shape index (κ1) is 15.8. The molecule has 1 fully saturated rings. The highest BCUT2D eigenvalue weighted by Crippen LogP contribution is 2.51. The minimum absolute atomic E-state index is 0.0746. The predicted octanol–water partition coefficient (Wildman–Crippen LogP) is 4.16. The minimum Gasteiger partial charge on any atom is -0.362 e. The lowest BCUT2D eigenvalue weighted by Gasteiger charge is -2.39. The van der Waals surface area contributed by atoms with Crippen LogP contribution >= 0.6 is 11.3 Å². The van der Waals surface area contributed by atoms with Crippen molar-refractivity contribution in [2.75, 3.05) is 5.01 Å². The summed E-state index contributed by atoms with van der Waals surface area (Å²) in [6, 6.07) is 7.11. The molecule has 2 aromatic rings. The average Bonchev–Trinajstić information content (AvgIpc) is 3.07. The van der Waals surface area contributed by atoms with Gasteiger partial charge in [0.1, 0.15) is 0 Å². The van der Waals surface area contributed by atoms with E-state index in [4.69, 9.17) is 0 Å². The number of thiazole rings is 1. The zero-order valence-electron chi connectivity index (χ0n) is 12.9. The number of aliphatic hydroxyl groups is 1. The first-order chi connectivity index (χ1) is 11.3. The molecule has 2 aliphatic rings. The molecule has 1 aromatic heterocycles. The van der Waals surface area contributed by atoms with Crippen LogP contribution in [-0.2, 0) is 0 Å². The molecule has 3 atom stereocenters. The highest BCUT2D eigenvalue weighted by atomic mass is 32.1. The first-order valence-corrected chi connectivity index (χ1v) is 8.64. The van der Waals surface area contributed by atoms with Crippen molar-refractivity contribution in [3.63, 3.8) is 0 Å². The van der Waals surface area contributed by atoms with E-state index in [2.05, 4.69) is 10.1 Å². The van der Waals surface area contributed by atoms with Gasteiger partial charge in [-0.05, 0) is 37.3 Å². The van der Waals surface area contributed by atoms with Gasteiger partial charge in [-0.3, -0.25) is 0 Å². The first-order valence-electron chi connectivity index (χ1n) is 7.83. The zero-order valence-corrected chi connectivity index (χ0v) is 13.7. The van der Waals surface area contributed by atoms with Crippen LogP contribution in [-0.4, -0.2) is 27.7 Å². The van der Waals surface area contributed by atoms with Gasteiger partial charge in [-0.1, -0.05) is 30.4 Å². The Morgan fingerprint density at radius 2 is 2.08 bits per heavy atom. The van der Waals surface area contributed by atoms with E-state index >= 15 is 0 Å². The van der Waals surface area contributed by atoms with E-state index in [9.17, 15) is 18.3 Å². The summed E-state index contributed by atoms with van der Waals surface area (Å²) in [5.41, 5.74) is -2.00. The van der Waals surface area contributed by atoms with Gasteiger partial charge in [0.2, 0.25) is 5.13 Å². The number of hydrogen-bond acceptors (Lipinski definition) is 5. The largest absolute Gasteiger partial charge is 0.439 e. The molecule has 8 heteroatoms. The van der Waals surface area contributed by atoms with Gasteiger partial charge in [0.05, 0.1) is 16.1 Å². The lowest BCUT2D eigenvalue weighted by Crippen LogP contribution is -2.60. The molecular formula is C16H16F3N3OS. The third-order valence-corrected chi connectivity index (χ3v) is 5.86. The Morgan fingerprint density at radius 3 is 2.79 bits per heavy atom. The molecule has 0 spiro atoms. The van der Waals surface area contributed by atoms with Gasteiger partial charge in [0.25, 0.3) is 5.72 Å². The number of fused-ring (bicyclic) bond motifs is 2. The average molecular weight is 355 g/mol. The number of anilines is 1. The second kappa shape index (κ2) is 5.16. The Bertz CT molecular complexity index is 785. The molecule has 1 aromatic carbocycles. The Morgan fingerprint density at radius 1 is 1.33 bits per heavy atom. The van der Waals surface area contributed by atoms with Crippen molar-refractivity contribution in [3.8, 4) is 0 Å². The highest BCUT2D eigenvalue weighted by Gasteiger charge is 2.68. The molecule has 128 valence electrons. The molecule has 0 bridgehead atoms. The molecule has 1 saturated carbocycles. The SMILES string of the molecule is C[C@@H]1CCC2=NN(c3nc4ccccc4s3)[C@@](O)(C(F)(F)F)[C@@H]2C1. The summed E-state index contributed by atoms with van der Waals surface area (Å²) in [6.07, 6.45) is -3.28. The van der Waals surface area contributed by atoms with Crippen LogP contribution in [0, 0.1) is 11.8 Å². The van der Waals surface area contributed by atoms with Crippen molar-refractivity contribution in [1.29, 1.82) is 0 Å². The number of halogens is 3. The van der Waals surface area contributed by atoms with Crippen molar-refractivity contribution >= 4 is 32.4 Å². The molecule has 2 heterocycles. The number of aromatic nitrogens is 1. The van der Waals surface area contributed by atoms with Crippen molar-refractivity contribution in [2.24, 2.45) is 16.9 Å². The lowest BCUT2D eigenvalue weighted by atomic mass is 9.76. The monoisotopic (exact) mass is 355 g/mol. The zero-order chi connectivity index (χ0) is 17.1. The Balaban J connectivity index is 1.84. The van der Waals surface area contributed by atoms with Gasteiger partial charge < -0.3 is 5.11 Å². The molecule has 4 rings (SSSR count). The molecule has 0 saturated heterocycles. The Hall–Kier alpha value is -1.67. The maximum absolute atomic E-state index is 13.8. The van der Waals surface area contributed by atoms with Crippen LogP contribution in [0.3, 0.4) is 0 Å². The summed E-state index contributed by atoms with van der Waals surface area (Å²) in [4.78, 5) is 4.26. The number of benzene rings is 1. The van der Waals surface area contributed by atoms with E-state index in [-0.39, 0.29) is 17.5 Å². The standard InChI is InChI=1S/C16H16F3N3OS/c1-9-6-7-11-10(8-9)15(23,16(17,18)19)22(21-11)14-20-12-4-2-3-5-13(12)24-14/h2-5,9-10,23H,6-8H2,1H3/t9-,10-,15+/m1/s1. The van der Waals surface area contributed by atoms with Gasteiger partial charge in [-0.25, -0.2) is 4.98 Å². The number of hydrazone groups is 1. The predicted molar refractivity (Wildman–Crippen MR) is 87.0 cm³/mol. The number of hydrogen-bond donors (Lipinski definition) is 1. The molecule has 0 unspecified atom stereocenters. The molecule has 4 nitrogen and oxygen atoms in total. The molecule has 0 amide bonds. The van der Waals surface area contributed by atoms with E-state index in [0.29, 0.717) is 22.7 Å². The fourth-order valence-electron chi connectivity index (χ4n) is 3.55. The topological polar surface area (TPSA) is 48.7 Å². The molecule has 1 aliphatic carbocycles. The van der Waals surface area contributed by atoms with Crippen LogP contribution in [0.5, 0.6) is 0 Å². The van der Waals surface area contributed by atoms with Crippen molar-refractivity contribution in [2.45, 2.75) is 38.1 Å². The van der Waals surface area contributed by atoms with Crippen molar-refractivity contribution < 1.29 is 18.3 Å². The molecule has 1 N–H and O–H groups in total. The second-order valence-corrected chi connectivity index (χ2v) is 7.53. The van der Waals surface area contributed by atoms with Gasteiger partial charge in [0.15, 0.2) is 0 Å². The summed E-state index contributed by atoms with van der Waals surface area (Å²) >= 11 is 1.11. The summed E-state index contributed by atoms with van der Waals surface area (Å²) < 4.78 is 42.3. The molecule has 1 aliphatic heterocycles. The Labute approximate surface area is 140 Å². The second-order valence-electron chi connectivity index (χ2n) is 6.52. The minimum atomic E-state index is -4.82. The van der Waals surface area contributed by atoms with E-state index in [0.717, 1.165) is 22.5 Å². The lowest BCUT2D eigenvalue weighted by molar-refractivity contribution is -0.269. The van der Waals surface area contributed by atoms with Gasteiger partial charge in [-0.2, -0.15) is 23.3 Å². The maximum Gasteiger partial charge on any atom is 0.439 e. The Kier molecular flexibility index (Phi) is 3.41. The fourth-order valence-corrected chi connectivity index (χ4v) is 4.52. The summed E-state index contributed by atoms with van der Waals surface area (Å²) in [6.45, 7) is 1.91. The van der Waals surface area contributed by atoms with Gasteiger partial charge in [0, 0.05) is 5.71 Å². The van der Waals surface area contributed by atoms with Crippen molar-refractivity contribution in [1.82, 2.24) is 4.98 Å². The third-order valence-electron chi connectivity index (χ3n) is 4.85. The van der Waals surface area contributed by atoms with Crippen LogP contribution in [0.2, 0.25) is 0 Å². The summed E-state index contributed by atoms with van der Waals surface area (Å²) in [7, 11) is 0.